The van der Waals surface area contributed by atoms with E-state index >= 15 is 0 Å². The number of nitrogens with zero attached hydrogens (tertiary/aromatic N) is 5. The van der Waals surface area contributed by atoms with Crippen LogP contribution in [0, 0.1) is 0 Å². The Morgan fingerprint density at radius 1 is 1.19 bits per heavy atom. The minimum atomic E-state index is -0.110. The molecule has 1 saturated heterocycles. The lowest BCUT2D eigenvalue weighted by Gasteiger charge is -2.32. The summed E-state index contributed by atoms with van der Waals surface area (Å²) in [7, 11) is 3.71. The van der Waals surface area contributed by atoms with Gasteiger partial charge in [0.05, 0.1) is 26.0 Å². The van der Waals surface area contributed by atoms with Crippen LogP contribution in [-0.4, -0.2) is 71.0 Å². The van der Waals surface area contributed by atoms with Crippen molar-refractivity contribution < 1.29 is 14.3 Å². The summed E-state index contributed by atoms with van der Waals surface area (Å²) >= 11 is 0. The minimum absolute atomic E-state index is 0.0501. The highest BCUT2D eigenvalue weighted by atomic mass is 16.5. The molecular formula is C18H23N5O3. The zero-order valence-corrected chi connectivity index (χ0v) is 15.1. The normalized spacial score (nSPS) is 20.7. The van der Waals surface area contributed by atoms with Crippen molar-refractivity contribution in [3.05, 3.63) is 41.2 Å². The Morgan fingerprint density at radius 2 is 1.92 bits per heavy atom. The Morgan fingerprint density at radius 3 is 2.62 bits per heavy atom. The summed E-state index contributed by atoms with van der Waals surface area (Å²) in [5, 5.41) is 8.36. The number of carbonyl (C=O) groups is 1. The van der Waals surface area contributed by atoms with Crippen LogP contribution in [0.15, 0.2) is 24.3 Å². The maximum Gasteiger partial charge on any atom is 0.276 e. The second-order valence-electron chi connectivity index (χ2n) is 6.74. The maximum atomic E-state index is 12.8. The Kier molecular flexibility index (Phi) is 4.60. The highest BCUT2D eigenvalue weighted by Gasteiger charge is 2.30. The Hall–Kier alpha value is -2.45. The fourth-order valence-corrected chi connectivity index (χ4v) is 3.36. The summed E-state index contributed by atoms with van der Waals surface area (Å²) in [6.45, 7) is 4.08. The van der Waals surface area contributed by atoms with Crippen molar-refractivity contribution in [2.45, 2.75) is 19.3 Å². The number of fused-ring (bicyclic) bond motifs is 1. The highest BCUT2D eigenvalue weighted by molar-refractivity contribution is 5.93. The second kappa shape index (κ2) is 7.05. The number of ether oxygens (including phenoxy) is 2. The number of aromatic nitrogens is 3. The number of amides is 1. The van der Waals surface area contributed by atoms with E-state index in [0.717, 1.165) is 43.2 Å². The van der Waals surface area contributed by atoms with Crippen molar-refractivity contribution in [3.8, 4) is 5.75 Å². The van der Waals surface area contributed by atoms with Gasteiger partial charge in [0.25, 0.3) is 5.91 Å². The second-order valence-corrected chi connectivity index (χ2v) is 6.74. The molecule has 1 atom stereocenters. The third kappa shape index (κ3) is 3.17. The zero-order valence-electron chi connectivity index (χ0n) is 15.1. The van der Waals surface area contributed by atoms with Gasteiger partial charge in [0.2, 0.25) is 0 Å². The SMILES string of the molecule is COc1ccc(C2Cn3nnc(C(=O)N4CCN(C)CC4)c3CO2)cc1. The van der Waals surface area contributed by atoms with Crippen LogP contribution in [0.25, 0.3) is 0 Å². The molecular weight excluding hydrogens is 334 g/mol. The van der Waals surface area contributed by atoms with Crippen molar-refractivity contribution in [1.82, 2.24) is 24.8 Å². The standard InChI is InChI=1S/C18H23N5O3/c1-21-7-9-22(10-8-21)18(24)17-15-12-26-16(11-23(15)20-19-17)13-3-5-14(25-2)6-4-13/h3-6,16H,7-12H2,1-2H3. The molecule has 0 radical (unpaired) electrons. The molecule has 2 aliphatic rings. The van der Waals surface area contributed by atoms with Crippen LogP contribution >= 0.6 is 0 Å². The lowest BCUT2D eigenvalue weighted by molar-refractivity contribution is -0.00204. The number of piperazine rings is 1. The Balaban J connectivity index is 1.48. The van der Waals surface area contributed by atoms with Gasteiger partial charge in [-0.15, -0.1) is 5.10 Å². The summed E-state index contributed by atoms with van der Waals surface area (Å²) in [6.07, 6.45) is -0.110. The lowest BCUT2D eigenvalue weighted by atomic mass is 10.1. The number of hydrogen-bond acceptors (Lipinski definition) is 6. The molecule has 0 saturated carbocycles. The van der Waals surface area contributed by atoms with E-state index < -0.39 is 0 Å². The maximum absolute atomic E-state index is 12.8. The van der Waals surface area contributed by atoms with E-state index in [4.69, 9.17) is 9.47 Å². The molecule has 2 aromatic rings. The predicted molar refractivity (Wildman–Crippen MR) is 93.9 cm³/mol. The summed E-state index contributed by atoms with van der Waals surface area (Å²) in [6, 6.07) is 7.80. The topological polar surface area (TPSA) is 72.7 Å². The number of methoxy groups -OCH3 is 1. The average molecular weight is 357 g/mol. The van der Waals surface area contributed by atoms with Crippen LogP contribution in [0.4, 0.5) is 0 Å². The molecule has 26 heavy (non-hydrogen) atoms. The predicted octanol–water partition coefficient (Wildman–Crippen LogP) is 0.946. The van der Waals surface area contributed by atoms with Crippen molar-refractivity contribution in [2.75, 3.05) is 40.3 Å². The molecule has 1 aromatic heterocycles. The van der Waals surface area contributed by atoms with Crippen LogP contribution in [-0.2, 0) is 17.9 Å². The van der Waals surface area contributed by atoms with Gasteiger partial charge in [-0.05, 0) is 24.7 Å². The summed E-state index contributed by atoms with van der Waals surface area (Å²) in [5.41, 5.74) is 2.24. The quantitative estimate of drug-likeness (QED) is 0.814. The molecule has 0 aliphatic carbocycles. The average Bonchev–Trinajstić information content (AvgIpc) is 3.11. The van der Waals surface area contributed by atoms with Crippen LogP contribution in [0.1, 0.15) is 27.8 Å². The molecule has 3 heterocycles. The third-order valence-corrected chi connectivity index (χ3v) is 5.08. The van der Waals surface area contributed by atoms with Crippen molar-refractivity contribution in [3.63, 3.8) is 0 Å². The molecule has 1 amide bonds. The fourth-order valence-electron chi connectivity index (χ4n) is 3.36. The largest absolute Gasteiger partial charge is 0.497 e. The lowest BCUT2D eigenvalue weighted by Crippen LogP contribution is -2.47. The molecule has 0 spiro atoms. The van der Waals surface area contributed by atoms with Crippen molar-refractivity contribution >= 4 is 5.91 Å². The number of rotatable bonds is 3. The molecule has 138 valence electrons. The smallest absolute Gasteiger partial charge is 0.276 e. The highest BCUT2D eigenvalue weighted by Crippen LogP contribution is 2.28. The van der Waals surface area contributed by atoms with Gasteiger partial charge in [-0.25, -0.2) is 4.68 Å². The van der Waals surface area contributed by atoms with Gasteiger partial charge in [0.1, 0.15) is 11.9 Å². The summed E-state index contributed by atoms with van der Waals surface area (Å²) in [4.78, 5) is 16.8. The number of carbonyl (C=O) groups excluding carboxylic acids is 1. The van der Waals surface area contributed by atoms with Crippen LogP contribution in [0.3, 0.4) is 0 Å². The molecule has 1 unspecified atom stereocenters. The fraction of sp³-hybridized carbons (Fsp3) is 0.500. The van der Waals surface area contributed by atoms with Crippen LogP contribution in [0.2, 0.25) is 0 Å². The third-order valence-electron chi connectivity index (χ3n) is 5.08. The van der Waals surface area contributed by atoms with Gasteiger partial charge in [-0.1, -0.05) is 17.3 Å². The van der Waals surface area contributed by atoms with Crippen molar-refractivity contribution in [2.24, 2.45) is 0 Å². The van der Waals surface area contributed by atoms with Gasteiger partial charge in [0, 0.05) is 26.2 Å². The number of benzene rings is 1. The van der Waals surface area contributed by atoms with Gasteiger partial charge >= 0.3 is 0 Å². The van der Waals surface area contributed by atoms with Gasteiger partial charge in [-0.2, -0.15) is 0 Å². The summed E-state index contributed by atoms with van der Waals surface area (Å²) in [5.74, 6) is 0.761. The van der Waals surface area contributed by atoms with E-state index in [1.165, 1.54) is 0 Å². The molecule has 4 rings (SSSR count). The number of hydrogen-bond donors (Lipinski definition) is 0. The molecule has 2 aliphatic heterocycles. The van der Waals surface area contributed by atoms with E-state index in [0.29, 0.717) is 18.8 Å². The van der Waals surface area contributed by atoms with Crippen molar-refractivity contribution in [1.29, 1.82) is 0 Å². The zero-order chi connectivity index (χ0) is 18.1. The monoisotopic (exact) mass is 357 g/mol. The summed E-state index contributed by atoms with van der Waals surface area (Å²) < 4.78 is 13.0. The van der Waals surface area contributed by atoms with Gasteiger partial charge in [0.15, 0.2) is 5.69 Å². The minimum Gasteiger partial charge on any atom is -0.497 e. The van der Waals surface area contributed by atoms with E-state index in [2.05, 4.69) is 22.3 Å². The first-order chi connectivity index (χ1) is 12.7. The van der Waals surface area contributed by atoms with Gasteiger partial charge < -0.3 is 19.3 Å². The molecule has 0 N–H and O–H groups in total. The molecule has 8 nitrogen and oxygen atoms in total. The van der Waals surface area contributed by atoms with E-state index in [-0.39, 0.29) is 12.0 Å². The first kappa shape index (κ1) is 17.0. The van der Waals surface area contributed by atoms with E-state index in [1.54, 1.807) is 11.8 Å². The molecule has 1 fully saturated rings. The van der Waals surface area contributed by atoms with Gasteiger partial charge in [-0.3, -0.25) is 4.79 Å². The van der Waals surface area contributed by atoms with Crippen LogP contribution in [0.5, 0.6) is 5.75 Å². The number of likely N-dealkylation sites (N-methyl/N-ethyl adjacent to an activating group) is 1. The first-order valence-electron chi connectivity index (χ1n) is 8.81. The van der Waals surface area contributed by atoms with E-state index in [9.17, 15) is 4.79 Å². The Bertz CT molecular complexity index is 781. The molecule has 1 aromatic carbocycles. The molecule has 0 bridgehead atoms. The molecule has 8 heteroatoms. The first-order valence-corrected chi connectivity index (χ1v) is 8.81. The van der Waals surface area contributed by atoms with Crippen LogP contribution < -0.4 is 4.74 Å². The van der Waals surface area contributed by atoms with E-state index in [1.807, 2.05) is 29.2 Å². The Labute approximate surface area is 152 Å².